The highest BCUT2D eigenvalue weighted by molar-refractivity contribution is 14.1. The fraction of sp³-hybridized carbons (Fsp3) is 0.188. The molecule has 0 aliphatic carbocycles. The van der Waals surface area contributed by atoms with E-state index >= 15 is 0 Å². The van der Waals surface area contributed by atoms with E-state index in [0.717, 1.165) is 9.99 Å². The second-order valence-electron chi connectivity index (χ2n) is 4.34. The molecule has 0 radical (unpaired) electrons. The lowest BCUT2D eigenvalue weighted by Gasteiger charge is -2.06. The summed E-state index contributed by atoms with van der Waals surface area (Å²) >= 11 is 2.22. The number of carbonyl (C=O) groups is 1. The third kappa shape index (κ3) is 4.06. The summed E-state index contributed by atoms with van der Waals surface area (Å²) in [5.74, 6) is -0.256. The summed E-state index contributed by atoms with van der Waals surface area (Å²) < 4.78 is 6.36. The van der Waals surface area contributed by atoms with Crippen LogP contribution in [0.3, 0.4) is 0 Å². The molecule has 0 spiro atoms. The van der Waals surface area contributed by atoms with Crippen molar-refractivity contribution < 1.29 is 9.53 Å². The second kappa shape index (κ2) is 6.70. The lowest BCUT2D eigenvalue weighted by Crippen LogP contribution is -2.08. The van der Waals surface area contributed by atoms with Crippen LogP contribution in [0.4, 0.5) is 0 Å². The molecule has 2 aromatic carbocycles. The van der Waals surface area contributed by atoms with Gasteiger partial charge in [0.05, 0.1) is 12.2 Å². The monoisotopic (exact) mass is 366 g/mol. The molecule has 0 unspecified atom stereocenters. The molecule has 3 heteroatoms. The molecule has 0 N–H and O–H groups in total. The Kier molecular flexibility index (Phi) is 4.96. The molecule has 0 saturated carbocycles. The molecular formula is C16H15IO2. The number of hydrogen-bond donors (Lipinski definition) is 0. The van der Waals surface area contributed by atoms with Crippen LogP contribution in [-0.2, 0) is 11.2 Å². The molecule has 2 rings (SSSR count). The van der Waals surface area contributed by atoms with Gasteiger partial charge in [0.2, 0.25) is 0 Å². The van der Waals surface area contributed by atoms with Crippen molar-refractivity contribution in [3.05, 3.63) is 68.8 Å². The van der Waals surface area contributed by atoms with E-state index in [0.29, 0.717) is 12.2 Å². The normalized spacial score (nSPS) is 10.2. The van der Waals surface area contributed by atoms with Crippen molar-refractivity contribution in [2.24, 2.45) is 0 Å². The molecule has 0 bridgehead atoms. The Morgan fingerprint density at radius 3 is 2.58 bits per heavy atom. The van der Waals surface area contributed by atoms with E-state index in [9.17, 15) is 4.79 Å². The highest BCUT2D eigenvalue weighted by Crippen LogP contribution is 2.14. The van der Waals surface area contributed by atoms with Crippen LogP contribution in [0.2, 0.25) is 0 Å². The smallest absolute Gasteiger partial charge is 0.338 e. The standard InChI is InChI=1S/C16H15IO2/c1-12-7-8-14(11-15(12)17)16(18)19-10-9-13-5-3-2-4-6-13/h2-8,11H,9-10H2,1H3. The van der Waals surface area contributed by atoms with Gasteiger partial charge in [0, 0.05) is 9.99 Å². The fourth-order valence-electron chi connectivity index (χ4n) is 1.71. The van der Waals surface area contributed by atoms with E-state index in [-0.39, 0.29) is 5.97 Å². The van der Waals surface area contributed by atoms with Crippen LogP contribution < -0.4 is 0 Å². The van der Waals surface area contributed by atoms with E-state index in [1.54, 1.807) is 0 Å². The summed E-state index contributed by atoms with van der Waals surface area (Å²) in [6.45, 7) is 2.43. The van der Waals surface area contributed by atoms with E-state index < -0.39 is 0 Å². The topological polar surface area (TPSA) is 26.3 Å². The first-order chi connectivity index (χ1) is 9.16. The van der Waals surface area contributed by atoms with Crippen LogP contribution in [0.25, 0.3) is 0 Å². The SMILES string of the molecule is Cc1ccc(C(=O)OCCc2ccccc2)cc1I. The molecule has 19 heavy (non-hydrogen) atoms. The lowest BCUT2D eigenvalue weighted by atomic mass is 10.1. The van der Waals surface area contributed by atoms with E-state index in [2.05, 4.69) is 22.6 Å². The number of esters is 1. The Bertz CT molecular complexity index is 564. The van der Waals surface area contributed by atoms with Crippen molar-refractivity contribution in [3.63, 3.8) is 0 Å². The third-order valence-corrected chi connectivity index (χ3v) is 4.04. The minimum Gasteiger partial charge on any atom is -0.462 e. The predicted octanol–water partition coefficient (Wildman–Crippen LogP) is 4.00. The van der Waals surface area contributed by atoms with Crippen molar-refractivity contribution in [1.29, 1.82) is 0 Å². The zero-order chi connectivity index (χ0) is 13.7. The Morgan fingerprint density at radius 2 is 1.89 bits per heavy atom. The summed E-state index contributed by atoms with van der Waals surface area (Å²) in [4.78, 5) is 11.9. The van der Waals surface area contributed by atoms with Gasteiger partial charge in [0.15, 0.2) is 0 Å². The largest absolute Gasteiger partial charge is 0.462 e. The molecule has 0 heterocycles. The number of carbonyl (C=O) groups excluding carboxylic acids is 1. The Labute approximate surface area is 126 Å². The molecule has 2 aromatic rings. The van der Waals surface area contributed by atoms with Gasteiger partial charge < -0.3 is 4.74 Å². The maximum absolute atomic E-state index is 11.9. The zero-order valence-electron chi connectivity index (χ0n) is 10.7. The third-order valence-electron chi connectivity index (χ3n) is 2.87. The minimum absolute atomic E-state index is 0.256. The second-order valence-corrected chi connectivity index (χ2v) is 5.50. The van der Waals surface area contributed by atoms with Crippen molar-refractivity contribution in [2.45, 2.75) is 13.3 Å². The van der Waals surface area contributed by atoms with Crippen LogP contribution in [0, 0.1) is 10.5 Å². The summed E-state index contributed by atoms with van der Waals surface area (Å²) in [6.07, 6.45) is 0.746. The minimum atomic E-state index is -0.256. The van der Waals surface area contributed by atoms with Crippen LogP contribution >= 0.6 is 22.6 Å². The van der Waals surface area contributed by atoms with Crippen molar-refractivity contribution in [2.75, 3.05) is 6.61 Å². The van der Waals surface area contributed by atoms with Crippen molar-refractivity contribution in [3.8, 4) is 0 Å². The zero-order valence-corrected chi connectivity index (χ0v) is 12.9. The first kappa shape index (κ1) is 14.1. The molecule has 0 aliphatic rings. The molecule has 0 aliphatic heterocycles. The highest BCUT2D eigenvalue weighted by atomic mass is 127. The molecule has 0 atom stereocenters. The number of aryl methyl sites for hydroxylation is 1. The number of ether oxygens (including phenoxy) is 1. The molecule has 0 saturated heterocycles. The van der Waals surface area contributed by atoms with Gasteiger partial charge in [-0.2, -0.15) is 0 Å². The average Bonchev–Trinajstić information content (AvgIpc) is 2.43. The van der Waals surface area contributed by atoms with Crippen molar-refractivity contribution in [1.82, 2.24) is 0 Å². The number of hydrogen-bond acceptors (Lipinski definition) is 2. The van der Waals surface area contributed by atoms with Gasteiger partial charge in [-0.3, -0.25) is 0 Å². The van der Waals surface area contributed by atoms with Crippen molar-refractivity contribution >= 4 is 28.6 Å². The van der Waals surface area contributed by atoms with Crippen LogP contribution in [0.5, 0.6) is 0 Å². The number of benzene rings is 2. The Hall–Kier alpha value is -1.36. The number of rotatable bonds is 4. The van der Waals surface area contributed by atoms with Crippen LogP contribution in [0.1, 0.15) is 21.5 Å². The molecule has 2 nitrogen and oxygen atoms in total. The van der Waals surface area contributed by atoms with E-state index in [1.807, 2.05) is 55.5 Å². The number of halogens is 1. The molecular weight excluding hydrogens is 351 g/mol. The maximum atomic E-state index is 11.9. The first-order valence-corrected chi connectivity index (χ1v) is 7.22. The van der Waals surface area contributed by atoms with Gasteiger partial charge in [0.1, 0.15) is 0 Å². The maximum Gasteiger partial charge on any atom is 0.338 e. The van der Waals surface area contributed by atoms with E-state index in [4.69, 9.17) is 4.74 Å². The molecule has 98 valence electrons. The van der Waals surface area contributed by atoms with Gasteiger partial charge >= 0.3 is 5.97 Å². The molecule has 0 aromatic heterocycles. The lowest BCUT2D eigenvalue weighted by molar-refractivity contribution is 0.0509. The van der Waals surface area contributed by atoms with E-state index in [1.165, 1.54) is 11.1 Å². The molecule has 0 fully saturated rings. The average molecular weight is 366 g/mol. The Morgan fingerprint density at radius 1 is 1.16 bits per heavy atom. The first-order valence-electron chi connectivity index (χ1n) is 6.14. The molecule has 0 amide bonds. The van der Waals surface area contributed by atoms with Gasteiger partial charge in [-0.25, -0.2) is 4.79 Å². The quantitative estimate of drug-likeness (QED) is 0.604. The summed E-state index contributed by atoms with van der Waals surface area (Å²) in [7, 11) is 0. The predicted molar refractivity (Wildman–Crippen MR) is 84.3 cm³/mol. The Balaban J connectivity index is 1.89. The van der Waals surface area contributed by atoms with Gasteiger partial charge in [-0.15, -0.1) is 0 Å². The highest BCUT2D eigenvalue weighted by Gasteiger charge is 2.08. The fourth-order valence-corrected chi connectivity index (χ4v) is 2.22. The summed E-state index contributed by atoms with van der Waals surface area (Å²) in [5.41, 5.74) is 2.96. The van der Waals surface area contributed by atoms with Gasteiger partial charge in [0.25, 0.3) is 0 Å². The van der Waals surface area contributed by atoms with Gasteiger partial charge in [-0.1, -0.05) is 36.4 Å². The van der Waals surface area contributed by atoms with Crippen LogP contribution in [0.15, 0.2) is 48.5 Å². The summed E-state index contributed by atoms with van der Waals surface area (Å²) in [5, 5.41) is 0. The van der Waals surface area contributed by atoms with Crippen LogP contribution in [-0.4, -0.2) is 12.6 Å². The van der Waals surface area contributed by atoms with Gasteiger partial charge in [-0.05, 0) is 52.8 Å². The summed E-state index contributed by atoms with van der Waals surface area (Å²) in [6, 6.07) is 15.6.